The van der Waals surface area contributed by atoms with Crippen LogP contribution in [0.4, 0.5) is 23.8 Å². The van der Waals surface area contributed by atoms with Gasteiger partial charge in [0.05, 0.1) is 12.0 Å². The van der Waals surface area contributed by atoms with Crippen LogP contribution in [0.1, 0.15) is 29.9 Å². The Morgan fingerprint density at radius 2 is 1.92 bits per heavy atom. The van der Waals surface area contributed by atoms with E-state index in [0.717, 1.165) is 16.7 Å². The molecule has 0 radical (unpaired) electrons. The number of amides is 2. The lowest BCUT2D eigenvalue weighted by atomic mass is 10.0. The predicted octanol–water partition coefficient (Wildman–Crippen LogP) is 4.45. The number of nitrogens with one attached hydrogen (secondary N) is 3. The van der Waals surface area contributed by atoms with Gasteiger partial charge >= 0.3 is 18.2 Å². The number of ether oxygens (including phenoxy) is 1. The molecule has 0 saturated heterocycles. The Kier molecular flexibility index (Phi) is 7.20. The van der Waals surface area contributed by atoms with Crippen LogP contribution in [0.3, 0.4) is 0 Å². The monoisotopic (exact) mass is 532 g/mol. The number of carbonyl (C=O) groups is 2. The number of carbonyl (C=O) groups excluding carboxylic acids is 2. The van der Waals surface area contributed by atoms with Crippen molar-refractivity contribution in [2.45, 2.75) is 20.0 Å². The van der Waals surface area contributed by atoms with E-state index < -0.39 is 29.3 Å². The maximum Gasteiger partial charge on any atom is 0.434 e. The second-order valence-electron chi connectivity index (χ2n) is 7.51. The molecule has 0 saturated carbocycles. The molecule has 4 aromatic heterocycles. The molecule has 2 amide bonds. The standard InChI is InChI=1S/C23H19F3N6O4S/c1-3-27-22(35)32-17-6-12(20-31-16(10-37-20)23(24,25)26)14(8-28-17)11-5-13-18(33)15(21(34)36-4-2)9-30-19(13)29-7-11/h5-10H,3-4H2,1-2H3,(H,29,30,33)(H2,27,28,32,35). The fourth-order valence-corrected chi connectivity index (χ4v) is 4.25. The van der Waals surface area contributed by atoms with Gasteiger partial charge in [-0.25, -0.2) is 24.5 Å². The fraction of sp³-hybridized carbons (Fsp3) is 0.217. The van der Waals surface area contributed by atoms with Crippen molar-refractivity contribution in [3.8, 4) is 21.7 Å². The molecule has 4 heterocycles. The second kappa shape index (κ2) is 10.3. The highest BCUT2D eigenvalue weighted by Gasteiger charge is 2.34. The Morgan fingerprint density at radius 3 is 2.59 bits per heavy atom. The molecule has 0 atom stereocenters. The number of thiazole rings is 1. The lowest BCUT2D eigenvalue weighted by Gasteiger charge is -2.12. The number of halogens is 3. The number of fused-ring (bicyclic) bond motifs is 1. The Hall–Kier alpha value is -4.33. The molecular formula is C23H19F3N6O4S. The third kappa shape index (κ3) is 5.43. The molecule has 0 fully saturated rings. The van der Waals surface area contributed by atoms with E-state index in [-0.39, 0.29) is 39.6 Å². The molecule has 3 N–H and O–H groups in total. The van der Waals surface area contributed by atoms with E-state index in [1.807, 2.05) is 0 Å². The molecule has 10 nitrogen and oxygen atoms in total. The van der Waals surface area contributed by atoms with Crippen molar-refractivity contribution in [1.82, 2.24) is 25.3 Å². The van der Waals surface area contributed by atoms with Crippen LogP contribution in [-0.2, 0) is 10.9 Å². The van der Waals surface area contributed by atoms with E-state index in [0.29, 0.717) is 17.7 Å². The number of alkyl halides is 3. The Bertz CT molecular complexity index is 1550. The van der Waals surface area contributed by atoms with Crippen molar-refractivity contribution in [3.63, 3.8) is 0 Å². The van der Waals surface area contributed by atoms with Gasteiger partial charge in [0, 0.05) is 47.2 Å². The average molecular weight is 533 g/mol. The summed E-state index contributed by atoms with van der Waals surface area (Å²) >= 11 is 0.758. The molecule has 0 bridgehead atoms. The molecule has 4 aromatic rings. The second-order valence-corrected chi connectivity index (χ2v) is 8.37. The lowest BCUT2D eigenvalue weighted by Crippen LogP contribution is -2.28. The minimum atomic E-state index is -4.65. The van der Waals surface area contributed by atoms with Gasteiger partial charge in [-0.05, 0) is 26.0 Å². The first-order chi connectivity index (χ1) is 17.6. The summed E-state index contributed by atoms with van der Waals surface area (Å²) in [5.74, 6) is -0.730. The van der Waals surface area contributed by atoms with Crippen molar-refractivity contribution in [3.05, 3.63) is 57.6 Å². The molecule has 4 rings (SSSR count). The van der Waals surface area contributed by atoms with Gasteiger partial charge in [0.25, 0.3) is 0 Å². The Labute approximate surface area is 210 Å². The first-order valence-electron chi connectivity index (χ1n) is 10.9. The maximum absolute atomic E-state index is 13.2. The van der Waals surface area contributed by atoms with Gasteiger partial charge in [0.1, 0.15) is 22.0 Å². The third-order valence-corrected chi connectivity index (χ3v) is 5.92. The molecule has 0 aromatic carbocycles. The van der Waals surface area contributed by atoms with Gasteiger partial charge < -0.3 is 15.0 Å². The van der Waals surface area contributed by atoms with Crippen LogP contribution in [0, 0.1) is 0 Å². The Balaban J connectivity index is 1.87. The number of anilines is 1. The third-order valence-electron chi connectivity index (χ3n) is 5.04. The molecule has 0 aliphatic carbocycles. The van der Waals surface area contributed by atoms with Crippen LogP contribution in [0.25, 0.3) is 32.7 Å². The van der Waals surface area contributed by atoms with Crippen LogP contribution < -0.4 is 16.1 Å². The van der Waals surface area contributed by atoms with Crippen molar-refractivity contribution in [1.29, 1.82) is 0 Å². The molecule has 0 spiro atoms. The number of pyridine rings is 3. The van der Waals surface area contributed by atoms with Crippen molar-refractivity contribution >= 4 is 40.2 Å². The number of rotatable bonds is 6. The summed E-state index contributed by atoms with van der Waals surface area (Å²) in [6.45, 7) is 3.75. The van der Waals surface area contributed by atoms with E-state index in [9.17, 15) is 27.6 Å². The molecule has 192 valence electrons. The number of hydrogen-bond acceptors (Lipinski definition) is 8. The highest BCUT2D eigenvalue weighted by Crippen LogP contribution is 2.38. The number of hydrogen-bond donors (Lipinski definition) is 3. The van der Waals surface area contributed by atoms with E-state index in [4.69, 9.17) is 4.74 Å². The number of urea groups is 1. The molecule has 0 unspecified atom stereocenters. The summed E-state index contributed by atoms with van der Waals surface area (Å²) in [4.78, 5) is 52.0. The van der Waals surface area contributed by atoms with Crippen molar-refractivity contribution < 1.29 is 27.5 Å². The zero-order valence-corrected chi connectivity index (χ0v) is 20.2. The summed E-state index contributed by atoms with van der Waals surface area (Å²) in [7, 11) is 0. The van der Waals surface area contributed by atoms with Crippen LogP contribution >= 0.6 is 11.3 Å². The number of H-pyrrole nitrogens is 1. The van der Waals surface area contributed by atoms with Gasteiger partial charge in [-0.3, -0.25) is 10.1 Å². The summed E-state index contributed by atoms with van der Waals surface area (Å²) in [6.07, 6.45) is -0.709. The minimum Gasteiger partial charge on any atom is -0.462 e. The summed E-state index contributed by atoms with van der Waals surface area (Å²) in [5.41, 5.74) is -0.863. The maximum atomic E-state index is 13.2. The first-order valence-corrected chi connectivity index (χ1v) is 11.8. The number of esters is 1. The normalized spacial score (nSPS) is 11.4. The zero-order chi connectivity index (χ0) is 26.7. The summed E-state index contributed by atoms with van der Waals surface area (Å²) in [6, 6.07) is 2.28. The highest BCUT2D eigenvalue weighted by atomic mass is 32.1. The molecule has 0 aliphatic heterocycles. The first kappa shape index (κ1) is 25.8. The number of nitrogens with zero attached hydrogens (tertiary/aromatic N) is 3. The zero-order valence-electron chi connectivity index (χ0n) is 19.4. The minimum absolute atomic E-state index is 0.0120. The topological polar surface area (TPSA) is 139 Å². The quantitative estimate of drug-likeness (QED) is 0.312. The lowest BCUT2D eigenvalue weighted by molar-refractivity contribution is -0.140. The SMILES string of the molecule is CCNC(=O)Nc1cc(-c2nc(C(F)(F)F)cs2)c(-c2cnc3[nH]cc(C(=O)OCC)c(=O)c3c2)cn1. The highest BCUT2D eigenvalue weighted by molar-refractivity contribution is 7.13. The van der Waals surface area contributed by atoms with E-state index >= 15 is 0 Å². The van der Waals surface area contributed by atoms with E-state index in [1.165, 1.54) is 30.7 Å². The summed E-state index contributed by atoms with van der Waals surface area (Å²) < 4.78 is 44.6. The van der Waals surface area contributed by atoms with E-state index in [2.05, 4.69) is 30.6 Å². The fourth-order valence-electron chi connectivity index (χ4n) is 3.39. The van der Waals surface area contributed by atoms with Gasteiger partial charge in [-0.1, -0.05) is 0 Å². The van der Waals surface area contributed by atoms with Crippen LogP contribution in [-0.4, -0.2) is 45.1 Å². The van der Waals surface area contributed by atoms with Gasteiger partial charge in [0.15, 0.2) is 5.69 Å². The average Bonchev–Trinajstić information content (AvgIpc) is 3.35. The largest absolute Gasteiger partial charge is 0.462 e. The number of aromatic nitrogens is 4. The van der Waals surface area contributed by atoms with Crippen LogP contribution in [0.5, 0.6) is 0 Å². The predicted molar refractivity (Wildman–Crippen MR) is 130 cm³/mol. The van der Waals surface area contributed by atoms with Gasteiger partial charge in [0.2, 0.25) is 5.43 Å². The number of aromatic amines is 1. The van der Waals surface area contributed by atoms with E-state index in [1.54, 1.807) is 13.8 Å². The van der Waals surface area contributed by atoms with Crippen LogP contribution in [0.15, 0.2) is 40.9 Å². The van der Waals surface area contributed by atoms with Gasteiger partial charge in [-0.15, -0.1) is 11.3 Å². The molecule has 14 heteroatoms. The van der Waals surface area contributed by atoms with Crippen LogP contribution in [0.2, 0.25) is 0 Å². The molecule has 0 aliphatic rings. The smallest absolute Gasteiger partial charge is 0.434 e. The molecular weight excluding hydrogens is 513 g/mol. The van der Waals surface area contributed by atoms with Crippen molar-refractivity contribution in [2.24, 2.45) is 0 Å². The van der Waals surface area contributed by atoms with Crippen molar-refractivity contribution in [2.75, 3.05) is 18.5 Å². The Morgan fingerprint density at radius 1 is 1.14 bits per heavy atom. The van der Waals surface area contributed by atoms with Gasteiger partial charge in [-0.2, -0.15) is 13.2 Å². The summed E-state index contributed by atoms with van der Waals surface area (Å²) in [5, 5.41) is 6.00. The molecule has 37 heavy (non-hydrogen) atoms.